The van der Waals surface area contributed by atoms with Gasteiger partial charge in [-0.2, -0.15) is 0 Å². The number of amides is 2. The van der Waals surface area contributed by atoms with E-state index in [1.54, 1.807) is 7.11 Å². The molecular formula is C28H30N2O3. The van der Waals surface area contributed by atoms with Gasteiger partial charge in [0.2, 0.25) is 5.91 Å². The molecule has 1 atom stereocenters. The number of likely N-dealkylation sites (tertiary alicyclic amines) is 1. The summed E-state index contributed by atoms with van der Waals surface area (Å²) in [6.45, 7) is 1.81. The number of hydrogen-bond acceptors (Lipinski definition) is 3. The Morgan fingerprint density at radius 1 is 1.00 bits per heavy atom. The zero-order chi connectivity index (χ0) is 22.8. The fraction of sp³-hybridized carbons (Fsp3) is 0.357. The van der Waals surface area contributed by atoms with E-state index in [0.717, 1.165) is 42.2 Å². The smallest absolute Gasteiger partial charge is 0.254 e. The molecule has 5 nitrogen and oxygen atoms in total. The van der Waals surface area contributed by atoms with Crippen molar-refractivity contribution in [3.63, 3.8) is 0 Å². The average molecular weight is 443 g/mol. The van der Waals surface area contributed by atoms with Crippen molar-refractivity contribution in [1.29, 1.82) is 0 Å². The number of fused-ring (bicyclic) bond motifs is 1. The van der Waals surface area contributed by atoms with Gasteiger partial charge in [-0.15, -0.1) is 0 Å². The third kappa shape index (κ3) is 4.20. The number of carbonyl (C=O) groups excluding carboxylic acids is 2. The van der Waals surface area contributed by atoms with Gasteiger partial charge < -0.3 is 15.0 Å². The summed E-state index contributed by atoms with van der Waals surface area (Å²) in [5.41, 5.74) is 2.05. The van der Waals surface area contributed by atoms with Gasteiger partial charge in [-0.05, 0) is 48.8 Å². The number of benzene rings is 3. The van der Waals surface area contributed by atoms with Crippen molar-refractivity contribution in [2.45, 2.75) is 31.1 Å². The van der Waals surface area contributed by atoms with Gasteiger partial charge in [-0.1, -0.05) is 54.6 Å². The Bertz CT molecular complexity index is 1170. The summed E-state index contributed by atoms with van der Waals surface area (Å²) >= 11 is 0. The van der Waals surface area contributed by atoms with Crippen LogP contribution < -0.4 is 10.1 Å². The molecule has 5 rings (SSSR count). The molecule has 1 heterocycles. The monoisotopic (exact) mass is 442 g/mol. The van der Waals surface area contributed by atoms with Gasteiger partial charge in [-0.25, -0.2) is 0 Å². The second kappa shape index (κ2) is 8.89. The predicted molar refractivity (Wildman–Crippen MR) is 129 cm³/mol. The van der Waals surface area contributed by atoms with Crippen LogP contribution in [0.25, 0.3) is 10.8 Å². The molecule has 0 bridgehead atoms. The molecule has 3 aromatic rings. The molecule has 1 aliphatic heterocycles. The zero-order valence-corrected chi connectivity index (χ0v) is 19.0. The maximum atomic E-state index is 13.4. The third-order valence-corrected chi connectivity index (χ3v) is 7.25. The van der Waals surface area contributed by atoms with Crippen molar-refractivity contribution in [2.24, 2.45) is 5.92 Å². The highest BCUT2D eigenvalue weighted by atomic mass is 16.5. The minimum absolute atomic E-state index is 0.0192. The quantitative estimate of drug-likeness (QED) is 0.609. The summed E-state index contributed by atoms with van der Waals surface area (Å²) in [6.07, 6.45) is 3.87. The minimum atomic E-state index is -0.168. The number of methoxy groups -OCH3 is 1. The van der Waals surface area contributed by atoms with Crippen molar-refractivity contribution in [3.8, 4) is 5.75 Å². The lowest BCUT2D eigenvalue weighted by Crippen LogP contribution is -2.46. The van der Waals surface area contributed by atoms with Gasteiger partial charge in [0.05, 0.1) is 13.0 Å². The van der Waals surface area contributed by atoms with Crippen LogP contribution in [0.5, 0.6) is 5.75 Å². The summed E-state index contributed by atoms with van der Waals surface area (Å²) in [6, 6.07) is 21.9. The summed E-state index contributed by atoms with van der Waals surface area (Å²) in [7, 11) is 1.64. The van der Waals surface area contributed by atoms with Crippen LogP contribution >= 0.6 is 0 Å². The number of ether oxygens (including phenoxy) is 1. The number of nitrogens with zero attached hydrogens (tertiary/aromatic N) is 1. The molecule has 1 saturated heterocycles. The summed E-state index contributed by atoms with van der Waals surface area (Å²) in [4.78, 5) is 28.3. The maximum Gasteiger partial charge on any atom is 0.254 e. The van der Waals surface area contributed by atoms with Gasteiger partial charge in [-0.3, -0.25) is 9.59 Å². The van der Waals surface area contributed by atoms with Crippen LogP contribution in [0, 0.1) is 5.92 Å². The van der Waals surface area contributed by atoms with E-state index in [-0.39, 0.29) is 23.1 Å². The molecule has 1 unspecified atom stereocenters. The van der Waals surface area contributed by atoms with Crippen LogP contribution in [0.4, 0.5) is 0 Å². The minimum Gasteiger partial charge on any atom is -0.496 e. The van der Waals surface area contributed by atoms with Gasteiger partial charge >= 0.3 is 0 Å². The molecule has 0 spiro atoms. The van der Waals surface area contributed by atoms with Crippen LogP contribution in [0.3, 0.4) is 0 Å². The van der Waals surface area contributed by atoms with E-state index in [0.29, 0.717) is 25.2 Å². The van der Waals surface area contributed by atoms with E-state index in [9.17, 15) is 9.59 Å². The molecule has 1 N–H and O–H groups in total. The van der Waals surface area contributed by atoms with Crippen LogP contribution in [0.2, 0.25) is 0 Å². The van der Waals surface area contributed by atoms with Crippen LogP contribution in [-0.2, 0) is 10.2 Å². The van der Waals surface area contributed by atoms with E-state index >= 15 is 0 Å². The molecule has 0 radical (unpaired) electrons. The molecule has 3 aromatic carbocycles. The molecule has 0 aromatic heterocycles. The molecule has 2 amide bonds. The molecular weight excluding hydrogens is 412 g/mol. The summed E-state index contributed by atoms with van der Waals surface area (Å²) in [5, 5.41) is 5.01. The second-order valence-electron chi connectivity index (χ2n) is 9.32. The lowest BCUT2D eigenvalue weighted by atomic mass is 9.93. The van der Waals surface area contributed by atoms with E-state index in [4.69, 9.17) is 4.74 Å². The largest absolute Gasteiger partial charge is 0.496 e. The highest BCUT2D eigenvalue weighted by Crippen LogP contribution is 2.47. The number of nitrogens with one attached hydrogen (secondary N) is 1. The van der Waals surface area contributed by atoms with Crippen LogP contribution in [0.1, 0.15) is 41.6 Å². The molecule has 33 heavy (non-hydrogen) atoms. The van der Waals surface area contributed by atoms with Gasteiger partial charge in [0.15, 0.2) is 0 Å². The first-order chi connectivity index (χ1) is 16.1. The first kappa shape index (κ1) is 21.5. The van der Waals surface area contributed by atoms with Crippen molar-refractivity contribution < 1.29 is 14.3 Å². The van der Waals surface area contributed by atoms with E-state index in [2.05, 4.69) is 29.6 Å². The van der Waals surface area contributed by atoms with Crippen molar-refractivity contribution >= 4 is 22.6 Å². The highest BCUT2D eigenvalue weighted by molar-refractivity contribution is 6.08. The Morgan fingerprint density at radius 2 is 1.73 bits per heavy atom. The van der Waals surface area contributed by atoms with E-state index in [1.807, 2.05) is 47.4 Å². The van der Waals surface area contributed by atoms with Crippen molar-refractivity contribution in [2.75, 3.05) is 26.7 Å². The Hall–Kier alpha value is -3.34. The molecule has 2 fully saturated rings. The van der Waals surface area contributed by atoms with Crippen LogP contribution in [-0.4, -0.2) is 43.5 Å². The van der Waals surface area contributed by atoms with Crippen LogP contribution in [0.15, 0.2) is 66.7 Å². The lowest BCUT2D eigenvalue weighted by Gasteiger charge is -2.33. The Balaban J connectivity index is 1.27. The molecule has 2 aliphatic rings. The number of carbonyl (C=O) groups is 2. The number of piperidine rings is 1. The van der Waals surface area contributed by atoms with Crippen molar-refractivity contribution in [3.05, 3.63) is 77.9 Å². The normalized spacial score (nSPS) is 19.2. The van der Waals surface area contributed by atoms with Gasteiger partial charge in [0.25, 0.3) is 5.91 Å². The molecule has 170 valence electrons. The van der Waals surface area contributed by atoms with Crippen molar-refractivity contribution in [1.82, 2.24) is 10.2 Å². The third-order valence-electron chi connectivity index (χ3n) is 7.25. The number of rotatable bonds is 6. The molecule has 5 heteroatoms. The Morgan fingerprint density at radius 3 is 2.45 bits per heavy atom. The van der Waals surface area contributed by atoms with Gasteiger partial charge in [0.1, 0.15) is 5.75 Å². The molecule has 1 aliphatic carbocycles. The second-order valence-corrected chi connectivity index (χ2v) is 9.32. The highest BCUT2D eigenvalue weighted by Gasteiger charge is 2.44. The fourth-order valence-corrected chi connectivity index (χ4v) is 5.09. The van der Waals surface area contributed by atoms with E-state index in [1.165, 1.54) is 5.56 Å². The SMILES string of the molecule is COc1ccc(C(=O)N2CCCC(C(=O)NCC3(c4ccccc4)CC3)C2)c2ccccc12. The molecule has 1 saturated carbocycles. The fourth-order valence-electron chi connectivity index (χ4n) is 5.09. The lowest BCUT2D eigenvalue weighted by molar-refractivity contribution is -0.126. The van der Waals surface area contributed by atoms with Gasteiger partial charge in [0, 0.05) is 36.0 Å². The topological polar surface area (TPSA) is 58.6 Å². The zero-order valence-electron chi connectivity index (χ0n) is 19.0. The average Bonchev–Trinajstić information content (AvgIpc) is 3.68. The maximum absolute atomic E-state index is 13.4. The Labute approximate surface area is 194 Å². The number of hydrogen-bond donors (Lipinski definition) is 1. The predicted octanol–water partition coefficient (Wildman–Crippen LogP) is 4.55. The summed E-state index contributed by atoms with van der Waals surface area (Å²) in [5.74, 6) is 0.632. The summed E-state index contributed by atoms with van der Waals surface area (Å²) < 4.78 is 5.47. The first-order valence-electron chi connectivity index (χ1n) is 11.8. The standard InChI is InChI=1S/C28H30N2O3/c1-33-25-14-13-24(22-11-5-6-12-23(22)25)27(32)30-17-7-8-20(18-30)26(31)29-19-28(15-16-28)21-9-3-2-4-10-21/h2-6,9-14,20H,7-8,15-19H2,1H3,(H,29,31). The Kier molecular flexibility index (Phi) is 5.79. The first-order valence-corrected chi connectivity index (χ1v) is 11.8. The van der Waals surface area contributed by atoms with E-state index < -0.39 is 0 Å².